The predicted octanol–water partition coefficient (Wildman–Crippen LogP) is 2.15. The molecule has 0 amide bonds. The van der Waals surface area contributed by atoms with Crippen LogP contribution in [0.25, 0.3) is 0 Å². The molecule has 1 aromatic heterocycles. The van der Waals surface area contributed by atoms with Crippen LogP contribution in [0.15, 0.2) is 24.5 Å². The lowest BCUT2D eigenvalue weighted by Crippen LogP contribution is -2.48. The van der Waals surface area contributed by atoms with Crippen molar-refractivity contribution in [3.8, 4) is 0 Å². The van der Waals surface area contributed by atoms with Crippen LogP contribution in [0.3, 0.4) is 0 Å². The second kappa shape index (κ2) is 5.81. The van der Waals surface area contributed by atoms with E-state index in [-0.39, 0.29) is 0 Å². The van der Waals surface area contributed by atoms with Gasteiger partial charge in [0.25, 0.3) is 0 Å². The summed E-state index contributed by atoms with van der Waals surface area (Å²) in [4.78, 5) is 6.65. The molecule has 1 aliphatic rings. The van der Waals surface area contributed by atoms with Crippen LogP contribution in [0, 0.1) is 11.3 Å². The fourth-order valence-electron chi connectivity index (χ4n) is 3.02. The number of pyridine rings is 1. The second-order valence-corrected chi connectivity index (χ2v) is 6.10. The fourth-order valence-corrected chi connectivity index (χ4v) is 3.02. The largest absolute Gasteiger partial charge is 0.319 e. The molecule has 3 heteroatoms. The predicted molar refractivity (Wildman–Crippen MR) is 75.3 cm³/mol. The van der Waals surface area contributed by atoms with E-state index in [1.807, 2.05) is 12.4 Å². The van der Waals surface area contributed by atoms with Crippen molar-refractivity contribution < 1.29 is 0 Å². The molecule has 1 N–H and O–H groups in total. The van der Waals surface area contributed by atoms with E-state index in [1.165, 1.54) is 25.1 Å². The average molecular weight is 247 g/mol. The highest BCUT2D eigenvalue weighted by Crippen LogP contribution is 2.34. The van der Waals surface area contributed by atoms with Crippen LogP contribution in [-0.4, -0.2) is 36.6 Å². The molecule has 1 unspecified atom stereocenters. The number of hydrogen-bond acceptors (Lipinski definition) is 3. The summed E-state index contributed by atoms with van der Waals surface area (Å²) in [5, 5.41) is 3.33. The number of rotatable bonds is 4. The van der Waals surface area contributed by atoms with Gasteiger partial charge in [0.1, 0.15) is 0 Å². The van der Waals surface area contributed by atoms with Crippen molar-refractivity contribution in [2.75, 3.05) is 26.7 Å². The third-order valence-corrected chi connectivity index (χ3v) is 4.14. The average Bonchev–Trinajstić information content (AvgIpc) is 2.33. The Morgan fingerprint density at radius 1 is 1.39 bits per heavy atom. The SMILES string of the molecule is CNCC1CCN(Cc2ccncc2)CC1(C)C. The first-order valence-electron chi connectivity index (χ1n) is 6.87. The third kappa shape index (κ3) is 3.30. The summed E-state index contributed by atoms with van der Waals surface area (Å²) in [7, 11) is 2.05. The van der Waals surface area contributed by atoms with Crippen molar-refractivity contribution in [2.45, 2.75) is 26.8 Å². The molecule has 1 aliphatic heterocycles. The molecule has 1 fully saturated rings. The van der Waals surface area contributed by atoms with E-state index >= 15 is 0 Å². The molecule has 2 heterocycles. The van der Waals surface area contributed by atoms with Crippen LogP contribution in [-0.2, 0) is 6.54 Å². The maximum absolute atomic E-state index is 4.08. The Kier molecular flexibility index (Phi) is 4.36. The molecule has 0 spiro atoms. The Morgan fingerprint density at radius 3 is 2.72 bits per heavy atom. The number of nitrogens with one attached hydrogen (secondary N) is 1. The molecule has 18 heavy (non-hydrogen) atoms. The Morgan fingerprint density at radius 2 is 2.11 bits per heavy atom. The van der Waals surface area contributed by atoms with Crippen molar-refractivity contribution in [2.24, 2.45) is 11.3 Å². The van der Waals surface area contributed by atoms with E-state index < -0.39 is 0 Å². The minimum absolute atomic E-state index is 0.397. The minimum atomic E-state index is 0.397. The second-order valence-electron chi connectivity index (χ2n) is 6.10. The molecule has 0 bridgehead atoms. The lowest BCUT2D eigenvalue weighted by atomic mass is 9.74. The Labute approximate surface area is 111 Å². The molecule has 0 aliphatic carbocycles. The number of aromatic nitrogens is 1. The molecule has 0 aromatic carbocycles. The first kappa shape index (κ1) is 13.5. The van der Waals surface area contributed by atoms with Crippen molar-refractivity contribution in [3.63, 3.8) is 0 Å². The molecule has 3 nitrogen and oxygen atoms in total. The highest BCUT2D eigenvalue weighted by Gasteiger charge is 2.34. The monoisotopic (exact) mass is 247 g/mol. The quantitative estimate of drug-likeness (QED) is 0.883. The normalized spacial score (nSPS) is 24.1. The summed E-state index contributed by atoms with van der Waals surface area (Å²) < 4.78 is 0. The van der Waals surface area contributed by atoms with Gasteiger partial charge < -0.3 is 5.32 Å². The van der Waals surface area contributed by atoms with E-state index in [9.17, 15) is 0 Å². The van der Waals surface area contributed by atoms with Gasteiger partial charge in [-0.3, -0.25) is 9.88 Å². The zero-order valence-electron chi connectivity index (χ0n) is 11.8. The van der Waals surface area contributed by atoms with Gasteiger partial charge in [-0.2, -0.15) is 0 Å². The van der Waals surface area contributed by atoms with E-state index in [4.69, 9.17) is 0 Å². The summed E-state index contributed by atoms with van der Waals surface area (Å²) in [5.41, 5.74) is 1.77. The van der Waals surface area contributed by atoms with Crippen LogP contribution >= 0.6 is 0 Å². The van der Waals surface area contributed by atoms with Crippen molar-refractivity contribution in [1.82, 2.24) is 15.2 Å². The summed E-state index contributed by atoms with van der Waals surface area (Å²) in [5.74, 6) is 0.788. The first-order chi connectivity index (χ1) is 8.62. The van der Waals surface area contributed by atoms with Crippen molar-refractivity contribution in [1.29, 1.82) is 0 Å². The van der Waals surface area contributed by atoms with Crippen LogP contribution < -0.4 is 5.32 Å². The van der Waals surface area contributed by atoms with Gasteiger partial charge in [-0.25, -0.2) is 0 Å². The number of nitrogens with zero attached hydrogens (tertiary/aromatic N) is 2. The molecule has 1 atom stereocenters. The first-order valence-corrected chi connectivity index (χ1v) is 6.87. The van der Waals surface area contributed by atoms with Gasteiger partial charge in [-0.05, 0) is 55.6 Å². The van der Waals surface area contributed by atoms with E-state index in [2.05, 4.69) is 48.2 Å². The molecular formula is C15H25N3. The molecule has 0 saturated carbocycles. The Balaban J connectivity index is 1.94. The maximum atomic E-state index is 4.08. The van der Waals surface area contributed by atoms with E-state index in [0.29, 0.717) is 5.41 Å². The lowest BCUT2D eigenvalue weighted by molar-refractivity contribution is 0.0513. The van der Waals surface area contributed by atoms with Crippen molar-refractivity contribution in [3.05, 3.63) is 30.1 Å². The summed E-state index contributed by atoms with van der Waals surface area (Å²) in [6.45, 7) is 9.37. The third-order valence-electron chi connectivity index (χ3n) is 4.14. The minimum Gasteiger partial charge on any atom is -0.319 e. The van der Waals surface area contributed by atoms with Crippen molar-refractivity contribution >= 4 is 0 Å². The van der Waals surface area contributed by atoms with Crippen LogP contribution in [0.4, 0.5) is 0 Å². The highest BCUT2D eigenvalue weighted by molar-refractivity contribution is 5.09. The molecule has 1 aromatic rings. The fraction of sp³-hybridized carbons (Fsp3) is 0.667. The van der Waals surface area contributed by atoms with Gasteiger partial charge in [0.15, 0.2) is 0 Å². The van der Waals surface area contributed by atoms with Gasteiger partial charge in [-0.1, -0.05) is 13.8 Å². The Bertz CT molecular complexity index is 361. The van der Waals surface area contributed by atoms with Gasteiger partial charge in [-0.15, -0.1) is 0 Å². The van der Waals surface area contributed by atoms with Crippen LogP contribution in [0.1, 0.15) is 25.8 Å². The summed E-state index contributed by atoms with van der Waals surface area (Å²) in [6.07, 6.45) is 5.06. The highest BCUT2D eigenvalue weighted by atomic mass is 15.1. The molecular weight excluding hydrogens is 222 g/mol. The molecule has 2 rings (SSSR count). The lowest BCUT2D eigenvalue weighted by Gasteiger charge is -2.44. The van der Waals surface area contributed by atoms with Gasteiger partial charge in [0, 0.05) is 25.5 Å². The number of likely N-dealkylation sites (tertiary alicyclic amines) is 1. The molecule has 100 valence electrons. The van der Waals surface area contributed by atoms with Gasteiger partial charge >= 0.3 is 0 Å². The zero-order chi connectivity index (χ0) is 13.0. The molecule has 1 saturated heterocycles. The maximum Gasteiger partial charge on any atom is 0.0271 e. The smallest absolute Gasteiger partial charge is 0.0271 e. The summed E-state index contributed by atoms with van der Waals surface area (Å²) >= 11 is 0. The topological polar surface area (TPSA) is 28.2 Å². The van der Waals surface area contributed by atoms with Gasteiger partial charge in [0.2, 0.25) is 0 Å². The standard InChI is InChI=1S/C15H25N3/c1-15(2)12-18(9-6-14(15)10-16-3)11-13-4-7-17-8-5-13/h4-5,7-8,14,16H,6,9-12H2,1-3H3. The number of hydrogen-bond donors (Lipinski definition) is 1. The van der Waals surface area contributed by atoms with Crippen LogP contribution in [0.5, 0.6) is 0 Å². The molecule has 0 radical (unpaired) electrons. The number of piperidine rings is 1. The Hall–Kier alpha value is -0.930. The van der Waals surface area contributed by atoms with Crippen LogP contribution in [0.2, 0.25) is 0 Å². The van der Waals surface area contributed by atoms with E-state index in [0.717, 1.165) is 19.0 Å². The summed E-state index contributed by atoms with van der Waals surface area (Å²) in [6, 6.07) is 4.24. The zero-order valence-corrected chi connectivity index (χ0v) is 11.8. The van der Waals surface area contributed by atoms with Gasteiger partial charge in [0.05, 0.1) is 0 Å². The van der Waals surface area contributed by atoms with E-state index in [1.54, 1.807) is 0 Å².